The zero-order chi connectivity index (χ0) is 16.2. The molecule has 0 aliphatic carbocycles. The maximum atomic E-state index is 13.9. The van der Waals surface area contributed by atoms with Crippen LogP contribution in [-0.4, -0.2) is 49.1 Å². The van der Waals surface area contributed by atoms with Crippen molar-refractivity contribution in [2.24, 2.45) is 5.92 Å². The monoisotopic (exact) mass is 334 g/mol. The van der Waals surface area contributed by atoms with E-state index in [1.165, 1.54) is 6.92 Å². The predicted molar refractivity (Wildman–Crippen MR) is 78.0 cm³/mol. The minimum absolute atomic E-state index is 0.0815. The zero-order valence-corrected chi connectivity index (χ0v) is 13.2. The van der Waals surface area contributed by atoms with Crippen LogP contribution in [0.1, 0.15) is 18.9 Å². The second-order valence-electron chi connectivity index (χ2n) is 5.34. The highest BCUT2D eigenvalue weighted by Gasteiger charge is 2.46. The summed E-state index contributed by atoms with van der Waals surface area (Å²) in [5.41, 5.74) is 0.791. The zero-order valence-electron chi connectivity index (χ0n) is 12.4. The van der Waals surface area contributed by atoms with E-state index in [0.717, 1.165) is 9.87 Å². The molecular weight excluding hydrogens is 314 g/mol. The van der Waals surface area contributed by atoms with Crippen LogP contribution in [0.4, 0.5) is 8.78 Å². The van der Waals surface area contributed by atoms with Gasteiger partial charge in [0.1, 0.15) is 0 Å². The third kappa shape index (κ3) is 4.21. The number of pyridine rings is 1. The maximum absolute atomic E-state index is 13.9. The summed E-state index contributed by atoms with van der Waals surface area (Å²) in [6, 6.07) is 3.53. The van der Waals surface area contributed by atoms with Crippen LogP contribution in [0, 0.1) is 5.92 Å². The van der Waals surface area contributed by atoms with Gasteiger partial charge in [-0.3, -0.25) is 4.98 Å². The van der Waals surface area contributed by atoms with Gasteiger partial charge in [-0.1, -0.05) is 6.07 Å². The standard InChI is InChI=1S/C14H20F2N2O3S/c1-2-22(19,20)18-7-5-14(15,16)13(9-18)11-21-10-12-4-3-6-17-8-12/h3-4,6,8,13H,2,5,7,9-11H2,1H3. The number of halogens is 2. The molecule has 1 fully saturated rings. The van der Waals surface area contributed by atoms with E-state index < -0.39 is 28.3 Å². The highest BCUT2D eigenvalue weighted by Crippen LogP contribution is 2.34. The Hall–Kier alpha value is -1.12. The molecule has 0 spiro atoms. The van der Waals surface area contributed by atoms with E-state index in [1.54, 1.807) is 24.5 Å². The first-order valence-electron chi connectivity index (χ1n) is 7.17. The minimum Gasteiger partial charge on any atom is -0.376 e. The maximum Gasteiger partial charge on any atom is 0.255 e. The number of aromatic nitrogens is 1. The fraction of sp³-hybridized carbons (Fsp3) is 0.643. The number of nitrogens with zero attached hydrogens (tertiary/aromatic N) is 2. The minimum atomic E-state index is -3.45. The molecule has 1 aliphatic rings. The first-order chi connectivity index (χ1) is 10.3. The van der Waals surface area contributed by atoms with Crippen molar-refractivity contribution in [3.63, 3.8) is 0 Å². The molecule has 8 heteroatoms. The Morgan fingerprint density at radius 2 is 2.27 bits per heavy atom. The van der Waals surface area contributed by atoms with Crippen LogP contribution >= 0.6 is 0 Å². The number of hydrogen-bond acceptors (Lipinski definition) is 4. The van der Waals surface area contributed by atoms with Gasteiger partial charge in [0, 0.05) is 31.9 Å². The lowest BCUT2D eigenvalue weighted by Gasteiger charge is -2.37. The lowest BCUT2D eigenvalue weighted by molar-refractivity contribution is -0.118. The second kappa shape index (κ2) is 6.97. The molecule has 2 rings (SSSR count). The number of sulfonamides is 1. The highest BCUT2D eigenvalue weighted by molar-refractivity contribution is 7.89. The van der Waals surface area contributed by atoms with Gasteiger partial charge in [-0.15, -0.1) is 0 Å². The van der Waals surface area contributed by atoms with E-state index in [4.69, 9.17) is 4.74 Å². The van der Waals surface area contributed by atoms with Crippen LogP contribution in [0.2, 0.25) is 0 Å². The number of hydrogen-bond donors (Lipinski definition) is 0. The number of ether oxygens (including phenoxy) is 1. The Bertz CT molecular complexity index is 581. The van der Waals surface area contributed by atoms with Crippen LogP contribution in [0.5, 0.6) is 0 Å². The van der Waals surface area contributed by atoms with Crippen molar-refractivity contribution >= 4 is 10.0 Å². The normalized spacial score (nSPS) is 22.6. The fourth-order valence-corrected chi connectivity index (χ4v) is 3.50. The van der Waals surface area contributed by atoms with E-state index in [-0.39, 0.29) is 32.1 Å². The third-order valence-electron chi connectivity index (χ3n) is 3.78. The Labute approximate surface area is 129 Å². The van der Waals surface area contributed by atoms with Gasteiger partial charge in [0.25, 0.3) is 5.92 Å². The number of rotatable bonds is 6. The van der Waals surface area contributed by atoms with Gasteiger partial charge in [0.05, 0.1) is 24.9 Å². The molecule has 0 saturated carbocycles. The summed E-state index contributed by atoms with van der Waals surface area (Å²) >= 11 is 0. The first kappa shape index (κ1) is 17.2. The number of piperidine rings is 1. The average molecular weight is 334 g/mol. The van der Waals surface area contributed by atoms with Crippen molar-refractivity contribution < 1.29 is 21.9 Å². The van der Waals surface area contributed by atoms with Crippen LogP contribution in [0.3, 0.4) is 0 Å². The molecule has 2 heterocycles. The Morgan fingerprint density at radius 1 is 1.50 bits per heavy atom. The van der Waals surface area contributed by atoms with Gasteiger partial charge in [0.15, 0.2) is 0 Å². The largest absolute Gasteiger partial charge is 0.376 e. The van der Waals surface area contributed by atoms with Gasteiger partial charge in [0.2, 0.25) is 10.0 Å². The summed E-state index contributed by atoms with van der Waals surface area (Å²) in [5, 5.41) is 0. The van der Waals surface area contributed by atoms with E-state index >= 15 is 0 Å². The van der Waals surface area contributed by atoms with Crippen molar-refractivity contribution in [1.29, 1.82) is 0 Å². The molecule has 0 amide bonds. The molecule has 124 valence electrons. The molecule has 1 aromatic heterocycles. The molecular formula is C14H20F2N2O3S. The second-order valence-corrected chi connectivity index (χ2v) is 7.60. The molecule has 1 aromatic rings. The van der Waals surface area contributed by atoms with E-state index in [0.29, 0.717) is 0 Å². The molecule has 1 atom stereocenters. The van der Waals surface area contributed by atoms with Crippen molar-refractivity contribution in [3.8, 4) is 0 Å². The summed E-state index contributed by atoms with van der Waals surface area (Å²) in [4.78, 5) is 3.92. The third-order valence-corrected chi connectivity index (χ3v) is 5.63. The van der Waals surface area contributed by atoms with Crippen LogP contribution < -0.4 is 0 Å². The Morgan fingerprint density at radius 3 is 2.91 bits per heavy atom. The molecule has 1 unspecified atom stereocenters. The van der Waals surface area contributed by atoms with Gasteiger partial charge >= 0.3 is 0 Å². The first-order valence-corrected chi connectivity index (χ1v) is 8.78. The molecule has 5 nitrogen and oxygen atoms in total. The molecule has 0 aromatic carbocycles. The van der Waals surface area contributed by atoms with E-state index in [1.807, 2.05) is 0 Å². The van der Waals surface area contributed by atoms with Crippen LogP contribution in [0.15, 0.2) is 24.5 Å². The highest BCUT2D eigenvalue weighted by atomic mass is 32.2. The topological polar surface area (TPSA) is 59.5 Å². The molecule has 1 saturated heterocycles. The summed E-state index contributed by atoms with van der Waals surface area (Å²) in [5.74, 6) is -4.12. The lowest BCUT2D eigenvalue weighted by atomic mass is 9.96. The van der Waals surface area contributed by atoms with Crippen molar-refractivity contribution in [1.82, 2.24) is 9.29 Å². The van der Waals surface area contributed by atoms with Gasteiger partial charge < -0.3 is 4.74 Å². The van der Waals surface area contributed by atoms with E-state index in [9.17, 15) is 17.2 Å². The Balaban J connectivity index is 1.94. The quantitative estimate of drug-likeness (QED) is 0.797. The van der Waals surface area contributed by atoms with Crippen molar-refractivity contribution in [2.45, 2.75) is 25.9 Å². The van der Waals surface area contributed by atoms with Gasteiger partial charge in [-0.05, 0) is 18.6 Å². The lowest BCUT2D eigenvalue weighted by Crippen LogP contribution is -2.51. The molecule has 1 aliphatic heterocycles. The van der Waals surface area contributed by atoms with Gasteiger partial charge in [-0.2, -0.15) is 0 Å². The molecule has 0 N–H and O–H groups in total. The smallest absolute Gasteiger partial charge is 0.255 e. The van der Waals surface area contributed by atoms with Crippen LogP contribution in [-0.2, 0) is 21.4 Å². The van der Waals surface area contributed by atoms with Crippen molar-refractivity contribution in [2.75, 3.05) is 25.4 Å². The molecule has 0 bridgehead atoms. The van der Waals surface area contributed by atoms with Crippen molar-refractivity contribution in [3.05, 3.63) is 30.1 Å². The fourth-order valence-electron chi connectivity index (χ4n) is 2.36. The van der Waals surface area contributed by atoms with Gasteiger partial charge in [-0.25, -0.2) is 21.5 Å². The summed E-state index contributed by atoms with van der Waals surface area (Å²) in [7, 11) is -3.45. The summed E-state index contributed by atoms with van der Waals surface area (Å²) in [6.45, 7) is 1.17. The SMILES string of the molecule is CCS(=O)(=O)N1CCC(F)(F)C(COCc2cccnc2)C1. The molecule has 0 radical (unpaired) electrons. The average Bonchev–Trinajstić information content (AvgIpc) is 2.49. The molecule has 22 heavy (non-hydrogen) atoms. The predicted octanol–water partition coefficient (Wildman–Crippen LogP) is 1.91. The van der Waals surface area contributed by atoms with Crippen LogP contribution in [0.25, 0.3) is 0 Å². The summed E-state index contributed by atoms with van der Waals surface area (Å²) in [6.07, 6.45) is 2.76. The Kier molecular flexibility index (Phi) is 5.46. The van der Waals surface area contributed by atoms with E-state index in [2.05, 4.69) is 4.98 Å². The summed E-state index contributed by atoms with van der Waals surface area (Å²) < 4.78 is 58.1. The number of alkyl halides is 2.